The third kappa shape index (κ3) is 4.57. The molecule has 2 aromatic heterocycles. The molecule has 0 aliphatic carbocycles. The second-order valence-corrected chi connectivity index (χ2v) is 10.3. The van der Waals surface area contributed by atoms with Gasteiger partial charge in [0.1, 0.15) is 16.9 Å². The maximum absolute atomic E-state index is 14.6. The van der Waals surface area contributed by atoms with Gasteiger partial charge in [0.15, 0.2) is 5.82 Å². The Morgan fingerprint density at radius 2 is 2.03 bits per heavy atom. The van der Waals surface area contributed by atoms with E-state index in [4.69, 9.17) is 0 Å². The highest BCUT2D eigenvalue weighted by atomic mass is 32.2. The summed E-state index contributed by atoms with van der Waals surface area (Å²) < 4.78 is 28.8. The van der Waals surface area contributed by atoms with Crippen LogP contribution in [0.3, 0.4) is 0 Å². The fourth-order valence-corrected chi connectivity index (χ4v) is 5.90. The van der Waals surface area contributed by atoms with Gasteiger partial charge in [-0.05, 0) is 26.0 Å². The SMILES string of the molecule is CC(C)(F)c1nc(N2C[C@H]3CSC(NC(=O)c4ccccc4)N[C@@]3(c3cnccn3)C2)ncc1F. The molecule has 0 bridgehead atoms. The monoisotopic (exact) mass is 497 g/mol. The van der Waals surface area contributed by atoms with Crippen LogP contribution in [-0.2, 0) is 11.2 Å². The van der Waals surface area contributed by atoms with E-state index in [1.54, 1.807) is 42.5 Å². The van der Waals surface area contributed by atoms with E-state index in [2.05, 4.69) is 30.6 Å². The minimum atomic E-state index is -1.95. The van der Waals surface area contributed by atoms with E-state index in [-0.39, 0.29) is 29.0 Å². The number of anilines is 1. The number of fused-ring (bicyclic) bond motifs is 1. The van der Waals surface area contributed by atoms with E-state index in [9.17, 15) is 13.6 Å². The van der Waals surface area contributed by atoms with Gasteiger partial charge in [0.25, 0.3) is 5.91 Å². The quantitative estimate of drug-likeness (QED) is 0.556. The zero-order valence-electron chi connectivity index (χ0n) is 19.3. The van der Waals surface area contributed by atoms with Crippen molar-refractivity contribution in [2.45, 2.75) is 30.6 Å². The summed E-state index contributed by atoms with van der Waals surface area (Å²) >= 11 is 1.58. The van der Waals surface area contributed by atoms with Gasteiger partial charge in [-0.25, -0.2) is 18.7 Å². The van der Waals surface area contributed by atoms with Crippen molar-refractivity contribution in [1.82, 2.24) is 30.6 Å². The summed E-state index contributed by atoms with van der Waals surface area (Å²) in [6.07, 6.45) is 5.95. The summed E-state index contributed by atoms with van der Waals surface area (Å²) in [6.45, 7) is 3.48. The highest BCUT2D eigenvalue weighted by molar-refractivity contribution is 7.99. The molecule has 2 N–H and O–H groups in total. The number of rotatable bonds is 5. The van der Waals surface area contributed by atoms with Gasteiger partial charge in [-0.1, -0.05) is 18.2 Å². The highest BCUT2D eigenvalue weighted by Crippen LogP contribution is 2.43. The summed E-state index contributed by atoms with van der Waals surface area (Å²) in [5, 5.41) is 6.63. The van der Waals surface area contributed by atoms with E-state index in [1.165, 1.54) is 13.8 Å². The van der Waals surface area contributed by atoms with Crippen molar-refractivity contribution in [3.8, 4) is 0 Å². The van der Waals surface area contributed by atoms with Crippen molar-refractivity contribution < 1.29 is 13.6 Å². The Morgan fingerprint density at radius 1 is 1.23 bits per heavy atom. The molecule has 0 spiro atoms. The van der Waals surface area contributed by atoms with Crippen LogP contribution in [0.2, 0.25) is 0 Å². The summed E-state index contributed by atoms with van der Waals surface area (Å²) in [7, 11) is 0. The number of hydrogen-bond acceptors (Lipinski definition) is 8. The van der Waals surface area contributed by atoms with Gasteiger partial charge in [0.05, 0.1) is 23.6 Å². The Balaban J connectivity index is 1.45. The molecule has 1 aromatic carbocycles. The smallest absolute Gasteiger partial charge is 0.253 e. The molecule has 3 aromatic rings. The van der Waals surface area contributed by atoms with Crippen LogP contribution in [0.1, 0.15) is 35.6 Å². The molecular weight excluding hydrogens is 472 g/mol. The van der Waals surface area contributed by atoms with Gasteiger partial charge in [-0.3, -0.25) is 20.1 Å². The maximum atomic E-state index is 14.6. The summed E-state index contributed by atoms with van der Waals surface area (Å²) in [5.41, 5.74) is -1.98. The second-order valence-electron chi connectivity index (χ2n) is 9.18. The molecule has 1 amide bonds. The lowest BCUT2D eigenvalue weighted by molar-refractivity contribution is 0.0932. The molecule has 3 atom stereocenters. The van der Waals surface area contributed by atoms with Crippen LogP contribution in [0, 0.1) is 11.7 Å². The normalized spacial score (nSPS) is 24.2. The van der Waals surface area contributed by atoms with Crippen LogP contribution in [0.5, 0.6) is 0 Å². The number of nitrogens with one attached hydrogen (secondary N) is 2. The van der Waals surface area contributed by atoms with Crippen LogP contribution in [-0.4, -0.2) is 50.2 Å². The van der Waals surface area contributed by atoms with Crippen LogP contribution in [0.25, 0.3) is 0 Å². The predicted molar refractivity (Wildman–Crippen MR) is 129 cm³/mol. The lowest BCUT2D eigenvalue weighted by Gasteiger charge is -2.42. The molecule has 2 aliphatic heterocycles. The maximum Gasteiger partial charge on any atom is 0.253 e. The Morgan fingerprint density at radius 3 is 2.74 bits per heavy atom. The first-order valence-electron chi connectivity index (χ1n) is 11.2. The number of hydrogen-bond donors (Lipinski definition) is 2. The average Bonchev–Trinajstić information content (AvgIpc) is 3.25. The first-order chi connectivity index (χ1) is 16.8. The minimum absolute atomic E-state index is 0.0598. The number of alkyl halides is 1. The van der Waals surface area contributed by atoms with Crippen molar-refractivity contribution in [3.63, 3.8) is 0 Å². The summed E-state index contributed by atoms with van der Waals surface area (Å²) in [6, 6.07) is 9.02. The second kappa shape index (κ2) is 9.12. The molecule has 1 unspecified atom stereocenters. The van der Waals surface area contributed by atoms with E-state index in [0.29, 0.717) is 24.4 Å². The van der Waals surface area contributed by atoms with Crippen LogP contribution in [0.15, 0.2) is 55.1 Å². The zero-order valence-corrected chi connectivity index (χ0v) is 20.1. The van der Waals surface area contributed by atoms with Crippen LogP contribution >= 0.6 is 11.8 Å². The van der Waals surface area contributed by atoms with Crippen LogP contribution < -0.4 is 15.5 Å². The third-order valence-electron chi connectivity index (χ3n) is 6.33. The Kier molecular flexibility index (Phi) is 6.14. The number of aromatic nitrogens is 4. The minimum Gasteiger partial charge on any atom is -0.338 e. The first kappa shape index (κ1) is 23.6. The molecule has 0 radical (unpaired) electrons. The average molecular weight is 498 g/mol. The zero-order chi connectivity index (χ0) is 24.6. The molecule has 2 aliphatic rings. The topological polar surface area (TPSA) is 95.9 Å². The molecule has 2 fully saturated rings. The van der Waals surface area contributed by atoms with Gasteiger partial charge in [0, 0.05) is 42.7 Å². The molecule has 2 saturated heterocycles. The summed E-state index contributed by atoms with van der Waals surface area (Å²) in [4.78, 5) is 31.9. The molecule has 182 valence electrons. The number of nitrogens with zero attached hydrogens (tertiary/aromatic N) is 5. The van der Waals surface area contributed by atoms with Gasteiger partial charge in [0.2, 0.25) is 5.95 Å². The van der Waals surface area contributed by atoms with Crippen molar-refractivity contribution in [2.24, 2.45) is 5.92 Å². The van der Waals surface area contributed by atoms with Gasteiger partial charge >= 0.3 is 0 Å². The van der Waals surface area contributed by atoms with Crippen molar-refractivity contribution >= 4 is 23.6 Å². The Bertz CT molecular complexity index is 1210. The number of carbonyl (C=O) groups excluding carboxylic acids is 1. The van der Waals surface area contributed by atoms with E-state index in [1.807, 2.05) is 23.1 Å². The standard InChI is InChI=1S/C24H25F2N7OS/c1-23(2,26)19-17(25)10-29-21(30-19)33-12-16-13-35-22(31-20(34)15-6-4-3-5-7-15)32-24(16,14-33)18-11-27-8-9-28-18/h3-11,16,22,32H,12-14H2,1-2H3,(H,31,34)/t16-,22?,24-/m0/s1. The Hall–Kier alpha value is -3.18. The first-order valence-corrected chi connectivity index (χ1v) is 12.3. The van der Waals surface area contributed by atoms with Gasteiger partial charge in [-0.2, -0.15) is 0 Å². The lowest BCUT2D eigenvalue weighted by atomic mass is 9.85. The number of thioether (sulfide) groups is 1. The molecule has 5 rings (SSSR count). The number of benzene rings is 1. The fraction of sp³-hybridized carbons (Fsp3) is 0.375. The van der Waals surface area contributed by atoms with Crippen molar-refractivity contribution in [1.29, 1.82) is 0 Å². The van der Waals surface area contributed by atoms with Gasteiger partial charge < -0.3 is 10.2 Å². The molecule has 11 heteroatoms. The molecular formula is C24H25F2N7OS. The number of carbonyl (C=O) groups is 1. The third-order valence-corrected chi connectivity index (χ3v) is 7.49. The van der Waals surface area contributed by atoms with Crippen molar-refractivity contribution in [3.05, 3.63) is 77.9 Å². The van der Waals surface area contributed by atoms with E-state index < -0.39 is 17.0 Å². The lowest BCUT2D eigenvalue weighted by Crippen LogP contribution is -2.61. The van der Waals surface area contributed by atoms with Gasteiger partial charge in [-0.15, -0.1) is 11.8 Å². The molecule has 4 heterocycles. The largest absolute Gasteiger partial charge is 0.338 e. The predicted octanol–water partition coefficient (Wildman–Crippen LogP) is 2.99. The van der Waals surface area contributed by atoms with E-state index >= 15 is 0 Å². The summed E-state index contributed by atoms with van der Waals surface area (Å²) in [5.74, 6) is 0.0578. The van der Waals surface area contributed by atoms with Crippen LogP contribution in [0.4, 0.5) is 14.7 Å². The van der Waals surface area contributed by atoms with Crippen molar-refractivity contribution in [2.75, 3.05) is 23.7 Å². The number of halogens is 2. The molecule has 8 nitrogen and oxygen atoms in total. The van der Waals surface area contributed by atoms with E-state index in [0.717, 1.165) is 11.9 Å². The highest BCUT2D eigenvalue weighted by Gasteiger charge is 2.53. The number of amides is 1. The Labute approximate surface area is 206 Å². The molecule has 0 saturated carbocycles. The fourth-order valence-electron chi connectivity index (χ4n) is 4.61. The molecule has 35 heavy (non-hydrogen) atoms.